The standard InChI is InChI=1S/C20H25N5O2S/c1-14-8-15(2)10-17(9-14)25-20(28)24(21-22-25)13-23(3)12-16-6-7-18(26-4)11-19(16)27-5/h6-11H,12-13H2,1-5H3/p+1. The molecule has 0 saturated carbocycles. The number of benzene rings is 2. The second-order valence-electron chi connectivity index (χ2n) is 6.99. The average molecular weight is 401 g/mol. The smallest absolute Gasteiger partial charge is 0.225 e. The molecule has 0 bridgehead atoms. The third-order valence-electron chi connectivity index (χ3n) is 4.50. The fourth-order valence-electron chi connectivity index (χ4n) is 3.24. The van der Waals surface area contributed by atoms with Crippen molar-refractivity contribution in [2.24, 2.45) is 0 Å². The van der Waals surface area contributed by atoms with Gasteiger partial charge in [-0.3, -0.25) is 0 Å². The number of ether oxygens (including phenoxy) is 2. The molecule has 8 heteroatoms. The van der Waals surface area contributed by atoms with E-state index >= 15 is 0 Å². The van der Waals surface area contributed by atoms with Gasteiger partial charge in [-0.15, -0.1) is 0 Å². The minimum absolute atomic E-state index is 0.575. The number of nitrogens with one attached hydrogen (secondary N) is 1. The highest BCUT2D eigenvalue weighted by Gasteiger charge is 2.14. The first-order valence-electron chi connectivity index (χ1n) is 9.05. The highest BCUT2D eigenvalue weighted by atomic mass is 32.1. The third-order valence-corrected chi connectivity index (χ3v) is 4.88. The molecular weight excluding hydrogens is 374 g/mol. The highest BCUT2D eigenvalue weighted by molar-refractivity contribution is 7.71. The Bertz CT molecular complexity index is 1010. The van der Waals surface area contributed by atoms with E-state index in [0.29, 0.717) is 11.4 Å². The number of hydrogen-bond acceptors (Lipinski definition) is 5. The lowest BCUT2D eigenvalue weighted by molar-refractivity contribution is -0.917. The van der Waals surface area contributed by atoms with Crippen LogP contribution < -0.4 is 14.4 Å². The van der Waals surface area contributed by atoms with Gasteiger partial charge in [0.1, 0.15) is 18.0 Å². The van der Waals surface area contributed by atoms with Gasteiger partial charge in [-0.1, -0.05) is 6.07 Å². The van der Waals surface area contributed by atoms with E-state index < -0.39 is 0 Å². The van der Waals surface area contributed by atoms with Crippen molar-refractivity contribution >= 4 is 12.2 Å². The van der Waals surface area contributed by atoms with Crippen molar-refractivity contribution in [3.05, 3.63) is 57.9 Å². The van der Waals surface area contributed by atoms with E-state index in [1.54, 1.807) is 23.6 Å². The molecule has 0 fully saturated rings. The molecule has 1 unspecified atom stereocenters. The normalized spacial score (nSPS) is 12.0. The number of aryl methyl sites for hydroxylation is 2. The highest BCUT2D eigenvalue weighted by Crippen LogP contribution is 2.23. The van der Waals surface area contributed by atoms with Gasteiger partial charge in [0, 0.05) is 11.6 Å². The summed E-state index contributed by atoms with van der Waals surface area (Å²) in [6.45, 7) is 5.47. The summed E-state index contributed by atoms with van der Waals surface area (Å²) in [7, 11) is 5.40. The first kappa shape index (κ1) is 20.0. The minimum atomic E-state index is 0.575. The lowest BCUT2D eigenvalue weighted by Gasteiger charge is -2.16. The predicted octanol–water partition coefficient (Wildman–Crippen LogP) is 2.10. The van der Waals surface area contributed by atoms with Gasteiger partial charge in [0.2, 0.25) is 4.77 Å². The topological polar surface area (TPSA) is 58.5 Å². The van der Waals surface area contributed by atoms with Gasteiger partial charge in [-0.05, 0) is 71.9 Å². The van der Waals surface area contributed by atoms with Crippen LogP contribution in [0, 0.1) is 18.6 Å². The van der Waals surface area contributed by atoms with Gasteiger partial charge in [-0.2, -0.15) is 9.36 Å². The summed E-state index contributed by atoms with van der Waals surface area (Å²) < 4.78 is 14.8. The summed E-state index contributed by atoms with van der Waals surface area (Å²) in [5, 5.41) is 8.51. The first-order valence-corrected chi connectivity index (χ1v) is 9.45. The number of nitrogens with zero attached hydrogens (tertiary/aromatic N) is 4. The quantitative estimate of drug-likeness (QED) is 0.616. The molecule has 0 radical (unpaired) electrons. The van der Waals surface area contributed by atoms with E-state index in [9.17, 15) is 0 Å². The number of aromatic nitrogens is 4. The van der Waals surface area contributed by atoms with E-state index in [-0.39, 0.29) is 0 Å². The van der Waals surface area contributed by atoms with Gasteiger partial charge in [0.25, 0.3) is 0 Å². The molecule has 7 nitrogen and oxygen atoms in total. The Labute approximate surface area is 170 Å². The van der Waals surface area contributed by atoms with Gasteiger partial charge < -0.3 is 14.4 Å². The van der Waals surface area contributed by atoms with E-state index in [1.807, 2.05) is 18.2 Å². The van der Waals surface area contributed by atoms with E-state index in [2.05, 4.69) is 49.5 Å². The van der Waals surface area contributed by atoms with Crippen LogP contribution in [0.2, 0.25) is 0 Å². The van der Waals surface area contributed by atoms with Crippen molar-refractivity contribution in [3.63, 3.8) is 0 Å². The maximum atomic E-state index is 5.60. The molecule has 0 saturated heterocycles. The van der Waals surface area contributed by atoms with Crippen molar-refractivity contribution in [1.82, 2.24) is 19.8 Å². The van der Waals surface area contributed by atoms with Gasteiger partial charge in [0.15, 0.2) is 6.67 Å². The molecule has 2 aromatic carbocycles. The Morgan fingerprint density at radius 3 is 2.36 bits per heavy atom. The molecule has 3 rings (SSSR count). The fourth-order valence-corrected chi connectivity index (χ4v) is 3.49. The van der Waals surface area contributed by atoms with Gasteiger partial charge in [-0.25, -0.2) is 0 Å². The molecular formula is C20H26N5O2S+. The van der Waals surface area contributed by atoms with Crippen LogP contribution in [-0.2, 0) is 13.2 Å². The number of quaternary nitrogens is 1. The monoisotopic (exact) mass is 400 g/mol. The molecule has 0 amide bonds. The van der Waals surface area contributed by atoms with Crippen LogP contribution >= 0.6 is 12.2 Å². The second-order valence-corrected chi connectivity index (χ2v) is 7.35. The zero-order valence-corrected chi connectivity index (χ0v) is 17.7. The first-order chi connectivity index (χ1) is 13.4. The summed E-state index contributed by atoms with van der Waals surface area (Å²) in [6, 6.07) is 12.1. The van der Waals surface area contributed by atoms with E-state index in [1.165, 1.54) is 16.0 Å². The summed E-state index contributed by atoms with van der Waals surface area (Å²) in [5.41, 5.74) is 4.36. The Hall–Kier alpha value is -2.71. The molecule has 1 N–H and O–H groups in total. The molecule has 0 spiro atoms. The number of tetrazole rings is 1. The van der Waals surface area contributed by atoms with Crippen LogP contribution in [0.5, 0.6) is 11.5 Å². The van der Waals surface area contributed by atoms with Crippen LogP contribution in [0.15, 0.2) is 36.4 Å². The number of hydrogen-bond donors (Lipinski definition) is 1. The molecule has 0 aliphatic heterocycles. The Kier molecular flexibility index (Phi) is 6.11. The average Bonchev–Trinajstić information content (AvgIpc) is 3.01. The van der Waals surface area contributed by atoms with Crippen LogP contribution in [0.25, 0.3) is 5.69 Å². The molecule has 1 heterocycles. The number of rotatable bonds is 7. The molecule has 28 heavy (non-hydrogen) atoms. The van der Waals surface area contributed by atoms with Gasteiger partial charge in [0.05, 0.1) is 27.0 Å². The zero-order valence-electron chi connectivity index (χ0n) is 16.9. The molecule has 1 atom stereocenters. The van der Waals surface area contributed by atoms with Crippen molar-refractivity contribution in [1.29, 1.82) is 0 Å². The van der Waals surface area contributed by atoms with Crippen molar-refractivity contribution in [3.8, 4) is 17.2 Å². The SMILES string of the molecule is COc1ccc(C[NH+](C)Cn2nnn(-c3cc(C)cc(C)c3)c2=S)c(OC)c1. The predicted molar refractivity (Wildman–Crippen MR) is 110 cm³/mol. The lowest BCUT2D eigenvalue weighted by Crippen LogP contribution is -3.07. The Morgan fingerprint density at radius 2 is 1.71 bits per heavy atom. The minimum Gasteiger partial charge on any atom is -0.497 e. The summed E-state index contributed by atoms with van der Waals surface area (Å²) in [4.78, 5) is 1.20. The summed E-state index contributed by atoms with van der Waals surface area (Å²) >= 11 is 5.60. The van der Waals surface area contributed by atoms with Crippen LogP contribution in [0.1, 0.15) is 16.7 Å². The molecule has 0 aliphatic carbocycles. The Morgan fingerprint density at radius 1 is 1.00 bits per heavy atom. The molecule has 3 aromatic rings. The van der Waals surface area contributed by atoms with Crippen LogP contribution in [-0.4, -0.2) is 41.1 Å². The number of methoxy groups -OCH3 is 2. The van der Waals surface area contributed by atoms with E-state index in [4.69, 9.17) is 21.7 Å². The van der Waals surface area contributed by atoms with Crippen molar-refractivity contribution in [2.45, 2.75) is 27.1 Å². The lowest BCUT2D eigenvalue weighted by atomic mass is 10.1. The van der Waals surface area contributed by atoms with Crippen LogP contribution in [0.3, 0.4) is 0 Å². The molecule has 1 aromatic heterocycles. The fraction of sp³-hybridized carbons (Fsp3) is 0.350. The largest absolute Gasteiger partial charge is 0.497 e. The Balaban J connectivity index is 1.78. The van der Waals surface area contributed by atoms with Crippen molar-refractivity contribution in [2.75, 3.05) is 21.3 Å². The van der Waals surface area contributed by atoms with Crippen LogP contribution in [0.4, 0.5) is 0 Å². The van der Waals surface area contributed by atoms with E-state index in [0.717, 1.165) is 29.3 Å². The maximum Gasteiger partial charge on any atom is 0.225 e. The summed E-state index contributed by atoms with van der Waals surface area (Å²) in [5.74, 6) is 1.58. The third kappa shape index (κ3) is 4.40. The molecule has 148 valence electrons. The van der Waals surface area contributed by atoms with Gasteiger partial charge >= 0.3 is 0 Å². The molecule has 0 aliphatic rings. The van der Waals surface area contributed by atoms with Crippen molar-refractivity contribution < 1.29 is 14.4 Å². The zero-order chi connectivity index (χ0) is 20.3. The second kappa shape index (κ2) is 8.53. The summed E-state index contributed by atoms with van der Waals surface area (Å²) in [6.07, 6.45) is 0. The maximum absolute atomic E-state index is 5.60.